The summed E-state index contributed by atoms with van der Waals surface area (Å²) in [4.78, 5) is 0. The van der Waals surface area contributed by atoms with Gasteiger partial charge in [-0.1, -0.05) is 145 Å². The molecule has 1 heteroatoms. The predicted molar refractivity (Wildman–Crippen MR) is 207 cm³/mol. The van der Waals surface area contributed by atoms with Crippen LogP contribution in [0, 0.1) is 11.8 Å². The van der Waals surface area contributed by atoms with E-state index in [0.29, 0.717) is 0 Å². The molecule has 1 heterocycles. The van der Waals surface area contributed by atoms with E-state index in [4.69, 9.17) is 0 Å². The Bertz CT molecular complexity index is 2660. The minimum atomic E-state index is 1.00. The highest BCUT2D eigenvalue weighted by Gasteiger charge is 2.13. The molecule has 9 aromatic rings. The van der Waals surface area contributed by atoms with Crippen molar-refractivity contribution in [3.63, 3.8) is 0 Å². The standard InChI is InChI=1S/C48H31N/c1-2-11-42(12-3-1)49-47-16-7-6-14-45(47)46-33-41(31-32-48(46)49)38-29-27-37(28-30-38)36-23-19-34(20-24-36)17-18-35-21-25-40(26-22-35)44-15-8-10-39-9-4-5-13-43(39)44/h1-16,19-33H. The van der Waals surface area contributed by atoms with Crippen LogP contribution in [0.5, 0.6) is 0 Å². The maximum Gasteiger partial charge on any atom is 0.0541 e. The molecule has 1 aromatic heterocycles. The molecule has 0 atom stereocenters. The highest BCUT2D eigenvalue weighted by Crippen LogP contribution is 2.35. The van der Waals surface area contributed by atoms with Crippen LogP contribution in [-0.4, -0.2) is 4.57 Å². The summed E-state index contributed by atoms with van der Waals surface area (Å²) >= 11 is 0. The zero-order chi connectivity index (χ0) is 32.6. The molecular formula is C48H31N. The normalized spacial score (nSPS) is 11.1. The second-order valence-corrected chi connectivity index (χ2v) is 12.4. The third kappa shape index (κ3) is 5.36. The Morgan fingerprint density at radius 3 is 1.55 bits per heavy atom. The van der Waals surface area contributed by atoms with Crippen molar-refractivity contribution in [1.29, 1.82) is 0 Å². The minimum absolute atomic E-state index is 1.00. The largest absolute Gasteiger partial charge is 0.309 e. The van der Waals surface area contributed by atoms with Crippen LogP contribution >= 0.6 is 0 Å². The summed E-state index contributed by atoms with van der Waals surface area (Å²) < 4.78 is 2.36. The maximum atomic E-state index is 3.35. The van der Waals surface area contributed by atoms with Gasteiger partial charge in [-0.15, -0.1) is 0 Å². The first-order valence-electron chi connectivity index (χ1n) is 16.7. The predicted octanol–water partition coefficient (Wildman–Crippen LogP) is 12.3. The van der Waals surface area contributed by atoms with E-state index in [1.165, 1.54) is 71.6 Å². The Morgan fingerprint density at radius 2 is 0.837 bits per heavy atom. The van der Waals surface area contributed by atoms with E-state index in [9.17, 15) is 0 Å². The van der Waals surface area contributed by atoms with Gasteiger partial charge in [0.15, 0.2) is 0 Å². The zero-order valence-electron chi connectivity index (χ0n) is 26.8. The second kappa shape index (κ2) is 12.2. The number of benzene rings is 8. The fourth-order valence-electron chi connectivity index (χ4n) is 6.96. The smallest absolute Gasteiger partial charge is 0.0541 e. The molecular weight excluding hydrogens is 591 g/mol. The Hall–Kier alpha value is -6.62. The molecule has 0 amide bonds. The lowest BCUT2D eigenvalue weighted by Crippen LogP contribution is -1.92. The first-order valence-corrected chi connectivity index (χ1v) is 16.7. The molecule has 0 aliphatic rings. The van der Waals surface area contributed by atoms with Crippen molar-refractivity contribution < 1.29 is 0 Å². The van der Waals surface area contributed by atoms with E-state index < -0.39 is 0 Å². The molecule has 49 heavy (non-hydrogen) atoms. The third-order valence-corrected chi connectivity index (χ3v) is 9.46. The number of fused-ring (bicyclic) bond motifs is 4. The van der Waals surface area contributed by atoms with Crippen molar-refractivity contribution in [2.75, 3.05) is 0 Å². The summed E-state index contributed by atoms with van der Waals surface area (Å²) in [5.74, 6) is 6.69. The molecule has 1 nitrogen and oxygen atoms in total. The fraction of sp³-hybridized carbons (Fsp3) is 0. The number of rotatable bonds is 4. The lowest BCUT2D eigenvalue weighted by atomic mass is 9.97. The van der Waals surface area contributed by atoms with Crippen LogP contribution in [0.15, 0.2) is 188 Å². The van der Waals surface area contributed by atoms with E-state index in [1.807, 2.05) is 0 Å². The molecule has 8 aromatic carbocycles. The molecule has 0 radical (unpaired) electrons. The molecule has 0 bridgehead atoms. The summed E-state index contributed by atoms with van der Waals surface area (Å²) in [5, 5.41) is 5.05. The number of aromatic nitrogens is 1. The molecule has 0 fully saturated rings. The van der Waals surface area contributed by atoms with Crippen molar-refractivity contribution >= 4 is 32.6 Å². The number of para-hydroxylation sites is 2. The van der Waals surface area contributed by atoms with Gasteiger partial charge in [-0.05, 0) is 98.8 Å². The van der Waals surface area contributed by atoms with E-state index in [-0.39, 0.29) is 0 Å². The lowest BCUT2D eigenvalue weighted by Gasteiger charge is -2.08. The monoisotopic (exact) mass is 621 g/mol. The molecule has 9 rings (SSSR count). The van der Waals surface area contributed by atoms with E-state index in [0.717, 1.165) is 11.1 Å². The highest BCUT2D eigenvalue weighted by molar-refractivity contribution is 6.10. The van der Waals surface area contributed by atoms with Gasteiger partial charge in [0.2, 0.25) is 0 Å². The SMILES string of the molecule is C(#Cc1ccc(-c2cccc3ccccc23)cc1)c1ccc(-c2ccc(-c3ccc4c(c3)c3ccccc3n4-c3ccccc3)cc2)cc1. The van der Waals surface area contributed by atoms with Crippen molar-refractivity contribution in [1.82, 2.24) is 4.57 Å². The number of hydrogen-bond acceptors (Lipinski definition) is 0. The van der Waals surface area contributed by atoms with Gasteiger partial charge in [-0.2, -0.15) is 0 Å². The first kappa shape index (κ1) is 28.6. The summed E-state index contributed by atoms with van der Waals surface area (Å²) in [7, 11) is 0. The summed E-state index contributed by atoms with van der Waals surface area (Å²) in [6.07, 6.45) is 0. The van der Waals surface area contributed by atoms with Gasteiger partial charge in [-0.25, -0.2) is 0 Å². The van der Waals surface area contributed by atoms with Crippen LogP contribution in [0.4, 0.5) is 0 Å². The Balaban J connectivity index is 0.940. The van der Waals surface area contributed by atoms with Gasteiger partial charge in [-0.3, -0.25) is 0 Å². The quantitative estimate of drug-likeness (QED) is 0.172. The van der Waals surface area contributed by atoms with Crippen LogP contribution in [0.1, 0.15) is 11.1 Å². The van der Waals surface area contributed by atoms with Gasteiger partial charge in [0, 0.05) is 27.6 Å². The molecule has 228 valence electrons. The van der Waals surface area contributed by atoms with Gasteiger partial charge in [0.05, 0.1) is 11.0 Å². The lowest BCUT2D eigenvalue weighted by molar-refractivity contribution is 1.18. The minimum Gasteiger partial charge on any atom is -0.309 e. The van der Waals surface area contributed by atoms with Crippen molar-refractivity contribution in [3.05, 3.63) is 199 Å². The topological polar surface area (TPSA) is 4.93 Å². The molecule has 0 aliphatic carbocycles. The first-order chi connectivity index (χ1) is 24.3. The van der Waals surface area contributed by atoms with Crippen molar-refractivity contribution in [3.8, 4) is 50.9 Å². The molecule has 0 saturated carbocycles. The van der Waals surface area contributed by atoms with Gasteiger partial charge < -0.3 is 4.57 Å². The molecule has 0 N–H and O–H groups in total. The maximum absolute atomic E-state index is 3.35. The fourth-order valence-corrected chi connectivity index (χ4v) is 6.96. The van der Waals surface area contributed by atoms with E-state index >= 15 is 0 Å². The number of hydrogen-bond donors (Lipinski definition) is 0. The average molecular weight is 622 g/mol. The van der Waals surface area contributed by atoms with Crippen LogP contribution < -0.4 is 0 Å². The molecule has 0 aliphatic heterocycles. The van der Waals surface area contributed by atoms with Crippen molar-refractivity contribution in [2.45, 2.75) is 0 Å². The van der Waals surface area contributed by atoms with E-state index in [2.05, 4.69) is 204 Å². The second-order valence-electron chi connectivity index (χ2n) is 12.4. The molecule has 0 unspecified atom stereocenters. The van der Waals surface area contributed by atoms with E-state index in [1.54, 1.807) is 0 Å². The van der Waals surface area contributed by atoms with Crippen LogP contribution in [0.2, 0.25) is 0 Å². The molecule has 0 saturated heterocycles. The van der Waals surface area contributed by atoms with Crippen molar-refractivity contribution in [2.24, 2.45) is 0 Å². The van der Waals surface area contributed by atoms with Gasteiger partial charge in [0.25, 0.3) is 0 Å². The summed E-state index contributed by atoms with van der Waals surface area (Å²) in [5.41, 5.74) is 12.9. The highest BCUT2D eigenvalue weighted by atomic mass is 15.0. The third-order valence-electron chi connectivity index (χ3n) is 9.46. The Morgan fingerprint density at radius 1 is 0.327 bits per heavy atom. The summed E-state index contributed by atoms with van der Waals surface area (Å²) in [6.45, 7) is 0. The van der Waals surface area contributed by atoms with Crippen LogP contribution in [0.25, 0.3) is 71.6 Å². The van der Waals surface area contributed by atoms with Crippen LogP contribution in [0.3, 0.4) is 0 Å². The summed E-state index contributed by atoms with van der Waals surface area (Å²) in [6, 6.07) is 67.1. The van der Waals surface area contributed by atoms with Crippen LogP contribution in [-0.2, 0) is 0 Å². The van der Waals surface area contributed by atoms with Gasteiger partial charge >= 0.3 is 0 Å². The Labute approximate surface area is 286 Å². The average Bonchev–Trinajstić information content (AvgIpc) is 3.51. The zero-order valence-corrected chi connectivity index (χ0v) is 26.8. The van der Waals surface area contributed by atoms with Gasteiger partial charge in [0.1, 0.15) is 0 Å². The molecule has 0 spiro atoms. The number of nitrogens with zero attached hydrogens (tertiary/aromatic N) is 1. The Kier molecular flexibility index (Phi) is 7.12.